The van der Waals surface area contributed by atoms with E-state index in [9.17, 15) is 9.90 Å². The van der Waals surface area contributed by atoms with Crippen molar-refractivity contribution in [3.8, 4) is 5.88 Å². The Morgan fingerprint density at radius 2 is 1.72 bits per heavy atom. The normalized spacial score (nSPS) is 11.8. The van der Waals surface area contributed by atoms with Crippen LogP contribution in [0.4, 0.5) is 5.69 Å². The fourth-order valence-electron chi connectivity index (χ4n) is 4.27. The zero-order valence-corrected chi connectivity index (χ0v) is 21.2. The largest absolute Gasteiger partial charge is 0.494 e. The molecular weight excluding hydrogens is 448 g/mol. The number of aromatic hydroxyl groups is 1. The highest BCUT2D eigenvalue weighted by Crippen LogP contribution is 2.32. The van der Waals surface area contributed by atoms with Crippen LogP contribution in [0.25, 0.3) is 10.9 Å². The molecule has 186 valence electrons. The first-order chi connectivity index (χ1) is 17.5. The van der Waals surface area contributed by atoms with Gasteiger partial charge >= 0.3 is 0 Å². The maximum Gasteiger partial charge on any atom is 0.251 e. The van der Waals surface area contributed by atoms with Crippen LogP contribution in [0.5, 0.6) is 5.88 Å². The molecule has 0 atom stereocenters. The minimum absolute atomic E-state index is 0.0253. The summed E-state index contributed by atoms with van der Waals surface area (Å²) in [6, 6.07) is 23.3. The van der Waals surface area contributed by atoms with Gasteiger partial charge in [0.1, 0.15) is 0 Å². The molecule has 0 radical (unpaired) electrons. The number of amides is 1. The SMILES string of the molecule is CCCCCNC(=O)c1ccc2[nH]c(O)c(C(=Nc3ccc(CN(C)C)cc3)c3ccccc3)c2c1. The maximum atomic E-state index is 12.8. The number of hydrogen-bond donors (Lipinski definition) is 3. The second-order valence-corrected chi connectivity index (χ2v) is 9.30. The Bertz CT molecular complexity index is 1340. The standard InChI is InChI=1S/C30H34N4O2/c1-4-5-9-18-31-29(35)23-14-17-26-25(19-23)27(30(36)33-26)28(22-10-7-6-8-11-22)32-24-15-12-21(13-16-24)20-34(2)3/h6-8,10-17,19,33,36H,4-5,9,18,20H2,1-3H3,(H,31,35). The minimum Gasteiger partial charge on any atom is -0.494 e. The third kappa shape index (κ3) is 6.01. The van der Waals surface area contributed by atoms with Gasteiger partial charge in [0.25, 0.3) is 5.91 Å². The number of nitrogens with one attached hydrogen (secondary N) is 2. The number of rotatable bonds is 10. The number of benzene rings is 3. The molecule has 6 nitrogen and oxygen atoms in total. The van der Waals surface area contributed by atoms with Crippen LogP contribution >= 0.6 is 0 Å². The molecule has 6 heteroatoms. The molecule has 1 aromatic heterocycles. The summed E-state index contributed by atoms with van der Waals surface area (Å²) in [7, 11) is 4.08. The summed E-state index contributed by atoms with van der Waals surface area (Å²) in [5, 5.41) is 14.7. The van der Waals surface area contributed by atoms with Gasteiger partial charge < -0.3 is 20.3 Å². The number of fused-ring (bicyclic) bond motifs is 1. The van der Waals surface area contributed by atoms with Gasteiger partial charge in [0.2, 0.25) is 0 Å². The quantitative estimate of drug-likeness (QED) is 0.191. The molecule has 4 rings (SSSR count). The molecule has 0 spiro atoms. The zero-order chi connectivity index (χ0) is 25.5. The van der Waals surface area contributed by atoms with E-state index in [4.69, 9.17) is 4.99 Å². The van der Waals surface area contributed by atoms with Gasteiger partial charge in [-0.15, -0.1) is 0 Å². The van der Waals surface area contributed by atoms with Crippen LogP contribution in [0.2, 0.25) is 0 Å². The lowest BCUT2D eigenvalue weighted by Crippen LogP contribution is -2.24. The van der Waals surface area contributed by atoms with E-state index in [2.05, 4.69) is 34.3 Å². The molecule has 0 saturated carbocycles. The van der Waals surface area contributed by atoms with Gasteiger partial charge in [0, 0.05) is 35.1 Å². The highest BCUT2D eigenvalue weighted by molar-refractivity contribution is 6.22. The third-order valence-electron chi connectivity index (χ3n) is 6.07. The topological polar surface area (TPSA) is 80.7 Å². The number of unbranched alkanes of at least 4 members (excludes halogenated alkanes) is 2. The Morgan fingerprint density at radius 3 is 2.42 bits per heavy atom. The zero-order valence-electron chi connectivity index (χ0n) is 21.2. The first kappa shape index (κ1) is 25.2. The van der Waals surface area contributed by atoms with Gasteiger partial charge in [-0.3, -0.25) is 4.79 Å². The van der Waals surface area contributed by atoms with E-state index in [1.807, 2.05) is 68.7 Å². The monoisotopic (exact) mass is 482 g/mol. The number of aliphatic imine (C=N–C) groups is 1. The molecular formula is C30H34N4O2. The summed E-state index contributed by atoms with van der Waals surface area (Å²) in [6.07, 6.45) is 3.15. The number of carbonyl (C=O) groups excluding carboxylic acids is 1. The molecule has 0 unspecified atom stereocenters. The summed E-state index contributed by atoms with van der Waals surface area (Å²) in [6.45, 7) is 3.64. The van der Waals surface area contributed by atoms with E-state index in [0.29, 0.717) is 23.4 Å². The van der Waals surface area contributed by atoms with Crippen molar-refractivity contribution in [1.82, 2.24) is 15.2 Å². The number of nitrogens with zero attached hydrogens (tertiary/aromatic N) is 2. The first-order valence-corrected chi connectivity index (χ1v) is 12.5. The summed E-state index contributed by atoms with van der Waals surface area (Å²) < 4.78 is 0. The number of aromatic amines is 1. The Kier molecular flexibility index (Phi) is 8.18. The summed E-state index contributed by atoms with van der Waals surface area (Å²) >= 11 is 0. The Balaban J connectivity index is 1.76. The van der Waals surface area contributed by atoms with Gasteiger partial charge in [-0.25, -0.2) is 4.99 Å². The van der Waals surface area contributed by atoms with Crippen LogP contribution < -0.4 is 5.32 Å². The second kappa shape index (κ2) is 11.7. The van der Waals surface area contributed by atoms with Crippen LogP contribution in [0.3, 0.4) is 0 Å². The molecule has 0 saturated heterocycles. The molecule has 0 aliphatic heterocycles. The van der Waals surface area contributed by atoms with Gasteiger partial charge in [-0.2, -0.15) is 0 Å². The predicted molar refractivity (Wildman–Crippen MR) is 147 cm³/mol. The highest BCUT2D eigenvalue weighted by Gasteiger charge is 2.20. The lowest BCUT2D eigenvalue weighted by molar-refractivity contribution is 0.0953. The van der Waals surface area contributed by atoms with Gasteiger partial charge in [0.15, 0.2) is 5.88 Å². The number of aromatic nitrogens is 1. The lowest BCUT2D eigenvalue weighted by Gasteiger charge is -2.11. The van der Waals surface area contributed by atoms with Crippen molar-refractivity contribution in [3.05, 3.63) is 95.1 Å². The van der Waals surface area contributed by atoms with Crippen molar-refractivity contribution in [2.75, 3.05) is 20.6 Å². The van der Waals surface area contributed by atoms with Crippen LogP contribution in [0, 0.1) is 0 Å². The fourth-order valence-corrected chi connectivity index (χ4v) is 4.27. The molecule has 1 heterocycles. The average molecular weight is 483 g/mol. The Labute approximate surface area is 212 Å². The van der Waals surface area contributed by atoms with E-state index < -0.39 is 0 Å². The molecule has 0 aliphatic rings. The molecule has 3 N–H and O–H groups in total. The summed E-state index contributed by atoms with van der Waals surface area (Å²) in [5.41, 5.74) is 5.38. The Morgan fingerprint density at radius 1 is 0.972 bits per heavy atom. The van der Waals surface area contributed by atoms with E-state index in [0.717, 1.165) is 48.0 Å². The maximum absolute atomic E-state index is 12.8. The van der Waals surface area contributed by atoms with E-state index >= 15 is 0 Å². The minimum atomic E-state index is -0.116. The fraction of sp³-hybridized carbons (Fsp3) is 0.267. The van der Waals surface area contributed by atoms with Crippen LogP contribution in [0.1, 0.15) is 53.2 Å². The molecule has 36 heavy (non-hydrogen) atoms. The summed E-state index contributed by atoms with van der Waals surface area (Å²) in [4.78, 5) is 22.9. The van der Waals surface area contributed by atoms with E-state index in [1.165, 1.54) is 5.56 Å². The van der Waals surface area contributed by atoms with Crippen molar-refractivity contribution in [1.29, 1.82) is 0 Å². The number of H-pyrrole nitrogens is 1. The number of hydrogen-bond acceptors (Lipinski definition) is 4. The van der Waals surface area contributed by atoms with E-state index in [-0.39, 0.29) is 11.8 Å². The van der Waals surface area contributed by atoms with Crippen molar-refractivity contribution >= 4 is 28.2 Å². The summed E-state index contributed by atoms with van der Waals surface area (Å²) in [5.74, 6) is -0.0911. The van der Waals surface area contributed by atoms with Crippen LogP contribution in [0.15, 0.2) is 77.8 Å². The first-order valence-electron chi connectivity index (χ1n) is 12.5. The van der Waals surface area contributed by atoms with Gasteiger partial charge in [0.05, 0.1) is 17.0 Å². The smallest absolute Gasteiger partial charge is 0.251 e. The molecule has 1 amide bonds. The average Bonchev–Trinajstić information content (AvgIpc) is 3.21. The van der Waals surface area contributed by atoms with Crippen LogP contribution in [-0.4, -0.2) is 47.2 Å². The molecule has 3 aromatic carbocycles. The van der Waals surface area contributed by atoms with E-state index in [1.54, 1.807) is 6.07 Å². The van der Waals surface area contributed by atoms with Gasteiger partial charge in [-0.05, 0) is 56.4 Å². The van der Waals surface area contributed by atoms with Crippen LogP contribution in [-0.2, 0) is 6.54 Å². The molecule has 0 fully saturated rings. The predicted octanol–water partition coefficient (Wildman–Crippen LogP) is 6.02. The molecule has 0 aliphatic carbocycles. The molecule has 4 aromatic rings. The van der Waals surface area contributed by atoms with Crippen molar-refractivity contribution < 1.29 is 9.90 Å². The highest BCUT2D eigenvalue weighted by atomic mass is 16.3. The second-order valence-electron chi connectivity index (χ2n) is 9.30. The van der Waals surface area contributed by atoms with Crippen molar-refractivity contribution in [2.24, 2.45) is 4.99 Å². The van der Waals surface area contributed by atoms with Gasteiger partial charge in [-0.1, -0.05) is 62.2 Å². The van der Waals surface area contributed by atoms with Crippen molar-refractivity contribution in [3.63, 3.8) is 0 Å². The lowest BCUT2D eigenvalue weighted by atomic mass is 9.99. The van der Waals surface area contributed by atoms with Crippen molar-refractivity contribution in [2.45, 2.75) is 32.7 Å². The Hall–Kier alpha value is -3.90. The third-order valence-corrected chi connectivity index (χ3v) is 6.07. The molecule has 0 bridgehead atoms. The number of carbonyl (C=O) groups is 1.